The van der Waals surface area contributed by atoms with Gasteiger partial charge in [0.1, 0.15) is 5.82 Å². The van der Waals surface area contributed by atoms with Crippen LogP contribution in [0.1, 0.15) is 45.1 Å². The second-order valence-corrected chi connectivity index (χ2v) is 7.58. The molecule has 1 aliphatic heterocycles. The summed E-state index contributed by atoms with van der Waals surface area (Å²) in [6.07, 6.45) is 0.0799. The summed E-state index contributed by atoms with van der Waals surface area (Å²) < 4.78 is 1.71. The highest BCUT2D eigenvalue weighted by atomic mass is 35.5. The van der Waals surface area contributed by atoms with Crippen LogP contribution in [0.25, 0.3) is 5.69 Å². The molecule has 0 spiro atoms. The van der Waals surface area contributed by atoms with Gasteiger partial charge in [0, 0.05) is 17.5 Å². The normalized spacial score (nSPS) is 15.9. The third kappa shape index (κ3) is 3.02. The Morgan fingerprint density at radius 3 is 2.61 bits per heavy atom. The topological polar surface area (TPSA) is 64.0 Å². The second kappa shape index (κ2) is 6.91. The van der Waals surface area contributed by atoms with Crippen LogP contribution >= 0.6 is 11.6 Å². The molecule has 3 aromatic rings. The highest BCUT2D eigenvalue weighted by Crippen LogP contribution is 2.39. The number of nitrogens with zero attached hydrogens (tertiary/aromatic N) is 2. The third-order valence-corrected chi connectivity index (χ3v) is 5.62. The van der Waals surface area contributed by atoms with Gasteiger partial charge in [-0.05, 0) is 56.2 Å². The van der Waals surface area contributed by atoms with E-state index in [1.807, 2.05) is 39.0 Å². The molecule has 0 bridgehead atoms. The van der Waals surface area contributed by atoms with Crippen molar-refractivity contribution in [2.75, 3.05) is 5.32 Å². The number of aromatic nitrogens is 2. The van der Waals surface area contributed by atoms with Crippen LogP contribution in [0.5, 0.6) is 0 Å². The second-order valence-electron chi connectivity index (χ2n) is 7.18. The van der Waals surface area contributed by atoms with Gasteiger partial charge in [-0.25, -0.2) is 4.68 Å². The van der Waals surface area contributed by atoms with Gasteiger partial charge in [0.2, 0.25) is 5.91 Å². The Labute approximate surface area is 168 Å². The summed E-state index contributed by atoms with van der Waals surface area (Å²) in [5.74, 6) is -0.418. The Bertz CT molecular complexity index is 1120. The van der Waals surface area contributed by atoms with E-state index in [1.165, 1.54) is 5.56 Å². The maximum Gasteiger partial charge on any atom is 0.226 e. The van der Waals surface area contributed by atoms with E-state index in [2.05, 4.69) is 10.4 Å². The van der Waals surface area contributed by atoms with Gasteiger partial charge in [-0.1, -0.05) is 29.8 Å². The summed E-state index contributed by atoms with van der Waals surface area (Å²) in [6, 6.07) is 12.9. The van der Waals surface area contributed by atoms with Crippen LogP contribution < -0.4 is 5.32 Å². The van der Waals surface area contributed by atoms with E-state index < -0.39 is 5.92 Å². The molecular weight excluding hydrogens is 374 g/mol. The van der Waals surface area contributed by atoms with Crippen molar-refractivity contribution in [1.82, 2.24) is 9.78 Å². The zero-order valence-corrected chi connectivity index (χ0v) is 16.7. The van der Waals surface area contributed by atoms with Crippen molar-refractivity contribution in [2.45, 2.75) is 33.1 Å². The molecular formula is C22H20ClN3O2. The third-order valence-electron chi connectivity index (χ3n) is 5.29. The number of carbonyl (C=O) groups is 2. The molecule has 4 rings (SSSR count). The van der Waals surface area contributed by atoms with E-state index in [1.54, 1.807) is 28.9 Å². The van der Waals surface area contributed by atoms with Gasteiger partial charge in [0.15, 0.2) is 5.78 Å². The molecule has 0 fully saturated rings. The van der Waals surface area contributed by atoms with Crippen LogP contribution in [0.15, 0.2) is 42.5 Å². The molecule has 1 N–H and O–H groups in total. The SMILES string of the molecule is Cc1ccc(-n2nc(C)c3c2NC(=O)CC3C(=O)c2ccccc2Cl)cc1C. The van der Waals surface area contributed by atoms with Crippen LogP contribution in [0.3, 0.4) is 0 Å². The number of anilines is 1. The molecule has 5 nitrogen and oxygen atoms in total. The van der Waals surface area contributed by atoms with Crippen molar-refractivity contribution in [3.8, 4) is 5.69 Å². The Kier molecular flexibility index (Phi) is 4.55. The van der Waals surface area contributed by atoms with Crippen LogP contribution in [-0.2, 0) is 4.79 Å². The fourth-order valence-electron chi connectivity index (χ4n) is 3.66. The molecule has 2 heterocycles. The van der Waals surface area contributed by atoms with E-state index in [0.29, 0.717) is 16.4 Å². The number of benzene rings is 2. The van der Waals surface area contributed by atoms with E-state index >= 15 is 0 Å². The summed E-state index contributed by atoms with van der Waals surface area (Å²) in [4.78, 5) is 25.7. The number of hydrogen-bond acceptors (Lipinski definition) is 3. The number of rotatable bonds is 3. The van der Waals surface area contributed by atoms with Gasteiger partial charge in [0.05, 0.1) is 22.3 Å². The van der Waals surface area contributed by atoms with Crippen LogP contribution in [-0.4, -0.2) is 21.5 Å². The molecule has 0 aliphatic carbocycles. The zero-order valence-electron chi connectivity index (χ0n) is 15.9. The van der Waals surface area contributed by atoms with Crippen molar-refractivity contribution in [3.63, 3.8) is 0 Å². The Hall–Kier alpha value is -2.92. The number of nitrogens with one attached hydrogen (secondary N) is 1. The van der Waals surface area contributed by atoms with Gasteiger partial charge in [-0.15, -0.1) is 0 Å². The number of Topliss-reactive ketones (excluding diaryl/α,β-unsaturated/α-hetero) is 1. The molecule has 2 aromatic carbocycles. The molecule has 142 valence electrons. The first-order chi connectivity index (χ1) is 13.4. The van der Waals surface area contributed by atoms with Gasteiger partial charge in [-0.2, -0.15) is 5.10 Å². The number of ketones is 1. The number of aryl methyl sites for hydroxylation is 3. The molecule has 0 radical (unpaired) electrons. The van der Waals surface area contributed by atoms with Crippen LogP contribution in [0.4, 0.5) is 5.82 Å². The minimum atomic E-state index is -0.607. The summed E-state index contributed by atoms with van der Waals surface area (Å²) in [7, 11) is 0. The quantitative estimate of drug-likeness (QED) is 0.652. The van der Waals surface area contributed by atoms with Crippen molar-refractivity contribution < 1.29 is 9.59 Å². The predicted molar refractivity (Wildman–Crippen MR) is 110 cm³/mol. The number of halogens is 1. The molecule has 1 amide bonds. The lowest BCUT2D eigenvalue weighted by atomic mass is 9.85. The van der Waals surface area contributed by atoms with E-state index in [4.69, 9.17) is 11.6 Å². The summed E-state index contributed by atoms with van der Waals surface area (Å²) in [5.41, 5.74) is 5.05. The predicted octanol–water partition coefficient (Wildman–Crippen LogP) is 4.76. The molecule has 1 unspecified atom stereocenters. The minimum absolute atomic E-state index is 0.0799. The lowest BCUT2D eigenvalue weighted by Gasteiger charge is -2.23. The van der Waals surface area contributed by atoms with E-state index in [9.17, 15) is 9.59 Å². The van der Waals surface area contributed by atoms with Crippen LogP contribution in [0.2, 0.25) is 5.02 Å². The maximum absolute atomic E-state index is 13.2. The highest BCUT2D eigenvalue weighted by molar-refractivity contribution is 6.34. The highest BCUT2D eigenvalue weighted by Gasteiger charge is 2.36. The number of hydrogen-bond donors (Lipinski definition) is 1. The number of fused-ring (bicyclic) bond motifs is 1. The monoisotopic (exact) mass is 393 g/mol. The number of amides is 1. The van der Waals surface area contributed by atoms with Gasteiger partial charge in [0.25, 0.3) is 0 Å². The molecule has 1 aliphatic rings. The van der Waals surface area contributed by atoms with E-state index in [0.717, 1.165) is 22.5 Å². The minimum Gasteiger partial charge on any atom is -0.310 e. The fourth-order valence-corrected chi connectivity index (χ4v) is 3.89. The van der Waals surface area contributed by atoms with Crippen molar-refractivity contribution in [2.24, 2.45) is 0 Å². The van der Waals surface area contributed by atoms with Gasteiger partial charge in [-0.3, -0.25) is 9.59 Å². The van der Waals surface area contributed by atoms with E-state index in [-0.39, 0.29) is 18.1 Å². The fraction of sp³-hybridized carbons (Fsp3) is 0.227. The van der Waals surface area contributed by atoms with Crippen LogP contribution in [0, 0.1) is 20.8 Å². The first-order valence-electron chi connectivity index (χ1n) is 9.12. The average Bonchev–Trinajstić information content (AvgIpc) is 2.99. The molecule has 1 aromatic heterocycles. The molecule has 1 atom stereocenters. The largest absolute Gasteiger partial charge is 0.310 e. The molecule has 0 saturated heterocycles. The first-order valence-corrected chi connectivity index (χ1v) is 9.50. The smallest absolute Gasteiger partial charge is 0.226 e. The van der Waals surface area contributed by atoms with Crippen molar-refractivity contribution >= 4 is 29.1 Å². The zero-order chi connectivity index (χ0) is 20.0. The van der Waals surface area contributed by atoms with Gasteiger partial charge < -0.3 is 5.32 Å². The molecule has 0 saturated carbocycles. The molecule has 6 heteroatoms. The van der Waals surface area contributed by atoms with Gasteiger partial charge >= 0.3 is 0 Å². The first kappa shape index (κ1) is 18.4. The standard InChI is InChI=1S/C22H20ClN3O2/c1-12-8-9-15(10-13(12)2)26-22-20(14(3)25-26)17(11-19(27)24-22)21(28)16-6-4-5-7-18(16)23/h4-10,17H,11H2,1-3H3,(H,24,27). The summed E-state index contributed by atoms with van der Waals surface area (Å²) >= 11 is 6.23. The summed E-state index contributed by atoms with van der Waals surface area (Å²) in [6.45, 7) is 5.94. The molecule has 28 heavy (non-hydrogen) atoms. The van der Waals surface area contributed by atoms with Crippen molar-refractivity contribution in [3.05, 3.63) is 75.4 Å². The Balaban J connectivity index is 1.84. The number of carbonyl (C=O) groups excluding carboxylic acids is 2. The Morgan fingerprint density at radius 2 is 1.89 bits per heavy atom. The van der Waals surface area contributed by atoms with Crippen molar-refractivity contribution in [1.29, 1.82) is 0 Å². The Morgan fingerprint density at radius 1 is 1.14 bits per heavy atom. The lowest BCUT2D eigenvalue weighted by Crippen LogP contribution is -2.28. The average molecular weight is 394 g/mol. The lowest BCUT2D eigenvalue weighted by molar-refractivity contribution is -0.116. The maximum atomic E-state index is 13.2. The summed E-state index contributed by atoms with van der Waals surface area (Å²) in [5, 5.41) is 7.93.